The Morgan fingerprint density at radius 1 is 1.67 bits per heavy atom. The summed E-state index contributed by atoms with van der Waals surface area (Å²) >= 11 is 0. The zero-order valence-corrected chi connectivity index (χ0v) is 9.28. The highest BCUT2D eigenvalue weighted by Crippen LogP contribution is 2.16. The summed E-state index contributed by atoms with van der Waals surface area (Å²) in [5.74, 6) is 0.963. The van der Waals surface area contributed by atoms with Gasteiger partial charge in [-0.3, -0.25) is 4.68 Å². The van der Waals surface area contributed by atoms with E-state index in [0.29, 0.717) is 6.10 Å². The average molecular weight is 209 g/mol. The number of hydrogen-bond acceptors (Lipinski definition) is 3. The van der Waals surface area contributed by atoms with Crippen LogP contribution in [0.4, 0.5) is 5.82 Å². The molecule has 4 heteroatoms. The zero-order chi connectivity index (χ0) is 10.5. The fourth-order valence-corrected chi connectivity index (χ4v) is 1.93. The Morgan fingerprint density at radius 2 is 2.60 bits per heavy atom. The largest absolute Gasteiger partial charge is 0.378 e. The number of ether oxygens (including phenoxy) is 1. The molecular weight excluding hydrogens is 190 g/mol. The lowest BCUT2D eigenvalue weighted by Gasteiger charge is -2.08. The molecule has 2 rings (SSSR count). The second-order valence-corrected chi connectivity index (χ2v) is 4.08. The van der Waals surface area contributed by atoms with Gasteiger partial charge in [0.25, 0.3) is 0 Å². The maximum absolute atomic E-state index is 5.56. The molecule has 2 heterocycles. The number of anilines is 1. The first-order valence-corrected chi connectivity index (χ1v) is 5.70. The van der Waals surface area contributed by atoms with Gasteiger partial charge in [0.2, 0.25) is 0 Å². The Balaban J connectivity index is 1.58. The first kappa shape index (κ1) is 10.5. The highest BCUT2D eigenvalue weighted by atomic mass is 16.5. The van der Waals surface area contributed by atoms with Crippen LogP contribution in [0.15, 0.2) is 12.3 Å². The Labute approximate surface area is 90.6 Å². The second-order valence-electron chi connectivity index (χ2n) is 4.08. The van der Waals surface area contributed by atoms with Crippen molar-refractivity contribution in [2.75, 3.05) is 18.5 Å². The van der Waals surface area contributed by atoms with Crippen molar-refractivity contribution in [3.8, 4) is 0 Å². The van der Waals surface area contributed by atoms with Crippen molar-refractivity contribution in [1.82, 2.24) is 9.78 Å². The highest BCUT2D eigenvalue weighted by molar-refractivity contribution is 5.31. The van der Waals surface area contributed by atoms with Gasteiger partial charge in [-0.2, -0.15) is 5.10 Å². The molecule has 4 nitrogen and oxygen atoms in total. The van der Waals surface area contributed by atoms with Crippen LogP contribution in [0.3, 0.4) is 0 Å². The molecule has 0 aromatic carbocycles. The average Bonchev–Trinajstić information content (AvgIpc) is 2.84. The van der Waals surface area contributed by atoms with E-state index in [9.17, 15) is 0 Å². The lowest BCUT2D eigenvalue weighted by atomic mass is 10.1. The first-order valence-electron chi connectivity index (χ1n) is 5.70. The Morgan fingerprint density at radius 3 is 3.27 bits per heavy atom. The van der Waals surface area contributed by atoms with Crippen molar-refractivity contribution < 1.29 is 4.74 Å². The molecule has 15 heavy (non-hydrogen) atoms. The van der Waals surface area contributed by atoms with Gasteiger partial charge in [-0.25, -0.2) is 0 Å². The van der Waals surface area contributed by atoms with Crippen molar-refractivity contribution in [2.45, 2.75) is 31.8 Å². The second kappa shape index (κ2) is 5.16. The highest BCUT2D eigenvalue weighted by Gasteiger charge is 2.14. The van der Waals surface area contributed by atoms with Gasteiger partial charge in [0.15, 0.2) is 0 Å². The Hall–Kier alpha value is -1.03. The summed E-state index contributed by atoms with van der Waals surface area (Å²) in [7, 11) is 1.93. The normalized spacial score (nSPS) is 20.7. The minimum absolute atomic E-state index is 0.510. The van der Waals surface area contributed by atoms with Crippen molar-refractivity contribution in [3.63, 3.8) is 0 Å². The van der Waals surface area contributed by atoms with Crippen LogP contribution in [0, 0.1) is 0 Å². The van der Waals surface area contributed by atoms with Crippen LogP contribution in [0.1, 0.15) is 25.7 Å². The van der Waals surface area contributed by atoms with E-state index < -0.39 is 0 Å². The van der Waals surface area contributed by atoms with E-state index in [0.717, 1.165) is 25.4 Å². The minimum Gasteiger partial charge on any atom is -0.378 e. The summed E-state index contributed by atoms with van der Waals surface area (Å²) in [6, 6.07) is 1.99. The summed E-state index contributed by atoms with van der Waals surface area (Å²) in [5.41, 5.74) is 0. The molecule has 0 spiro atoms. The van der Waals surface area contributed by atoms with Crippen LogP contribution in [-0.4, -0.2) is 29.0 Å². The number of aryl methyl sites for hydroxylation is 1. The van der Waals surface area contributed by atoms with Crippen molar-refractivity contribution in [1.29, 1.82) is 0 Å². The van der Waals surface area contributed by atoms with Crippen molar-refractivity contribution >= 4 is 5.82 Å². The topological polar surface area (TPSA) is 39.1 Å². The molecule has 1 N–H and O–H groups in total. The van der Waals surface area contributed by atoms with Crippen LogP contribution < -0.4 is 5.32 Å². The SMILES string of the molecule is Cn1ccc(NCCCC2CCCO2)n1. The molecule has 1 atom stereocenters. The van der Waals surface area contributed by atoms with Crippen LogP contribution >= 0.6 is 0 Å². The number of hydrogen-bond donors (Lipinski definition) is 1. The van der Waals surface area contributed by atoms with E-state index in [1.807, 2.05) is 24.0 Å². The van der Waals surface area contributed by atoms with Gasteiger partial charge < -0.3 is 10.1 Å². The van der Waals surface area contributed by atoms with Gasteiger partial charge >= 0.3 is 0 Å². The lowest BCUT2D eigenvalue weighted by Crippen LogP contribution is -2.09. The van der Waals surface area contributed by atoms with Crippen LogP contribution in [0.2, 0.25) is 0 Å². The molecule has 1 aromatic rings. The third kappa shape index (κ3) is 3.23. The van der Waals surface area contributed by atoms with Crippen LogP contribution in [-0.2, 0) is 11.8 Å². The molecule has 0 radical (unpaired) electrons. The molecule has 1 saturated heterocycles. The minimum atomic E-state index is 0.510. The fraction of sp³-hybridized carbons (Fsp3) is 0.727. The van der Waals surface area contributed by atoms with E-state index in [2.05, 4.69) is 10.4 Å². The predicted octanol–water partition coefficient (Wildman–Crippen LogP) is 1.79. The number of rotatable bonds is 5. The van der Waals surface area contributed by atoms with E-state index in [4.69, 9.17) is 4.74 Å². The maximum atomic E-state index is 5.56. The summed E-state index contributed by atoms with van der Waals surface area (Å²) in [6.07, 6.45) is 7.25. The summed E-state index contributed by atoms with van der Waals surface area (Å²) < 4.78 is 7.37. The Kier molecular flexibility index (Phi) is 3.61. The molecule has 84 valence electrons. The van der Waals surface area contributed by atoms with E-state index in [-0.39, 0.29) is 0 Å². The molecule has 1 aromatic heterocycles. The zero-order valence-electron chi connectivity index (χ0n) is 9.28. The lowest BCUT2D eigenvalue weighted by molar-refractivity contribution is 0.103. The molecule has 0 bridgehead atoms. The molecular formula is C11H19N3O. The quantitative estimate of drug-likeness (QED) is 0.751. The molecule has 0 aliphatic carbocycles. The van der Waals surface area contributed by atoms with E-state index in [1.54, 1.807) is 0 Å². The fourth-order valence-electron chi connectivity index (χ4n) is 1.93. The number of nitrogens with one attached hydrogen (secondary N) is 1. The van der Waals surface area contributed by atoms with Crippen LogP contribution in [0.5, 0.6) is 0 Å². The molecule has 1 fully saturated rings. The van der Waals surface area contributed by atoms with Crippen molar-refractivity contribution in [3.05, 3.63) is 12.3 Å². The van der Waals surface area contributed by atoms with Crippen molar-refractivity contribution in [2.24, 2.45) is 7.05 Å². The summed E-state index contributed by atoms with van der Waals surface area (Å²) in [6.45, 7) is 1.94. The smallest absolute Gasteiger partial charge is 0.147 e. The van der Waals surface area contributed by atoms with Gasteiger partial charge in [0.1, 0.15) is 5.82 Å². The number of nitrogens with zero attached hydrogens (tertiary/aromatic N) is 2. The van der Waals surface area contributed by atoms with Gasteiger partial charge in [-0.05, 0) is 25.7 Å². The molecule has 1 aliphatic rings. The molecule has 1 unspecified atom stereocenters. The Bertz CT molecular complexity index is 292. The van der Waals surface area contributed by atoms with Gasteiger partial charge in [0.05, 0.1) is 6.10 Å². The van der Waals surface area contributed by atoms with E-state index >= 15 is 0 Å². The molecule has 1 aliphatic heterocycles. The molecule has 0 saturated carbocycles. The monoisotopic (exact) mass is 209 g/mol. The summed E-state index contributed by atoms with van der Waals surface area (Å²) in [4.78, 5) is 0. The summed E-state index contributed by atoms with van der Waals surface area (Å²) in [5, 5.41) is 7.56. The van der Waals surface area contributed by atoms with Gasteiger partial charge in [-0.15, -0.1) is 0 Å². The third-order valence-corrected chi connectivity index (χ3v) is 2.75. The van der Waals surface area contributed by atoms with Gasteiger partial charge in [0, 0.05) is 32.5 Å². The molecule has 0 amide bonds. The first-order chi connectivity index (χ1) is 7.34. The predicted molar refractivity (Wildman–Crippen MR) is 59.9 cm³/mol. The standard InChI is InChI=1S/C11H19N3O/c1-14-8-6-11(13-14)12-7-2-4-10-5-3-9-15-10/h6,8,10H,2-5,7,9H2,1H3,(H,12,13). The number of aromatic nitrogens is 2. The van der Waals surface area contributed by atoms with E-state index in [1.165, 1.54) is 19.3 Å². The maximum Gasteiger partial charge on any atom is 0.147 e. The van der Waals surface area contributed by atoms with Gasteiger partial charge in [-0.1, -0.05) is 0 Å². The van der Waals surface area contributed by atoms with Crippen LogP contribution in [0.25, 0.3) is 0 Å². The third-order valence-electron chi connectivity index (χ3n) is 2.75.